The molecule has 0 bridgehead atoms. The first kappa shape index (κ1) is 19.0. The van der Waals surface area contributed by atoms with Gasteiger partial charge >= 0.3 is 5.76 Å². The predicted molar refractivity (Wildman–Crippen MR) is 107 cm³/mol. The molecule has 4 aromatic rings. The molecule has 10 heteroatoms. The van der Waals surface area contributed by atoms with E-state index in [1.54, 1.807) is 48.5 Å². The zero-order valence-electron chi connectivity index (χ0n) is 14.7. The van der Waals surface area contributed by atoms with Crippen molar-refractivity contribution in [2.75, 3.05) is 0 Å². The molecule has 2 aromatic carbocycles. The summed E-state index contributed by atoms with van der Waals surface area (Å²) in [4.78, 5) is 23.5. The Labute approximate surface area is 173 Å². The second-order valence-corrected chi connectivity index (χ2v) is 6.94. The van der Waals surface area contributed by atoms with Gasteiger partial charge in [0.2, 0.25) is 5.89 Å². The van der Waals surface area contributed by atoms with E-state index in [2.05, 4.69) is 15.3 Å². The normalized spacial score (nSPS) is 11.0. The summed E-state index contributed by atoms with van der Waals surface area (Å²) in [5, 5.41) is 11.4. The summed E-state index contributed by atoms with van der Waals surface area (Å²) in [5.41, 5.74) is 7.85. The smallest absolute Gasteiger partial charge is 0.392 e. The van der Waals surface area contributed by atoms with Crippen molar-refractivity contribution in [2.24, 2.45) is 5.73 Å². The summed E-state index contributed by atoms with van der Waals surface area (Å²) in [7, 11) is 0. The van der Waals surface area contributed by atoms with E-state index in [0.717, 1.165) is 0 Å². The monoisotopic (exact) mass is 429 g/mol. The van der Waals surface area contributed by atoms with Crippen LogP contribution in [0.15, 0.2) is 57.7 Å². The molecule has 0 aliphatic rings. The number of hydrogen-bond acceptors (Lipinski definition) is 5. The maximum Gasteiger partial charge on any atom is 0.434 e. The summed E-state index contributed by atoms with van der Waals surface area (Å²) in [6.07, 6.45) is 0.0133. The van der Waals surface area contributed by atoms with Crippen LogP contribution in [0.2, 0.25) is 10.0 Å². The van der Waals surface area contributed by atoms with Crippen molar-refractivity contribution in [1.82, 2.24) is 20.0 Å². The highest BCUT2D eigenvalue weighted by atomic mass is 35.5. The van der Waals surface area contributed by atoms with Crippen molar-refractivity contribution in [3.63, 3.8) is 0 Å². The van der Waals surface area contributed by atoms with Gasteiger partial charge in [0.1, 0.15) is 0 Å². The molecule has 0 spiro atoms. The van der Waals surface area contributed by atoms with Crippen LogP contribution in [-0.2, 0) is 6.42 Å². The van der Waals surface area contributed by atoms with Gasteiger partial charge in [0.05, 0.1) is 22.8 Å². The van der Waals surface area contributed by atoms with E-state index in [4.69, 9.17) is 33.4 Å². The van der Waals surface area contributed by atoms with E-state index in [0.29, 0.717) is 32.6 Å². The third kappa shape index (κ3) is 3.67. The number of benzene rings is 2. The largest absolute Gasteiger partial charge is 0.434 e. The van der Waals surface area contributed by atoms with Crippen molar-refractivity contribution >= 4 is 29.1 Å². The van der Waals surface area contributed by atoms with E-state index < -0.39 is 11.7 Å². The molecular weight excluding hydrogens is 417 g/mol. The number of carbonyl (C=O) groups excluding carboxylic acids is 1. The van der Waals surface area contributed by atoms with Crippen molar-refractivity contribution in [2.45, 2.75) is 6.42 Å². The van der Waals surface area contributed by atoms with Crippen LogP contribution >= 0.6 is 23.2 Å². The quantitative estimate of drug-likeness (QED) is 0.504. The minimum atomic E-state index is -0.737. The Balaban J connectivity index is 2.01. The number of aromatic amines is 1. The zero-order chi connectivity index (χ0) is 20.5. The standard InChI is InChI=1S/C19H13Cl2N5O3/c20-11-7-5-10(6-8-11)17-12(9-15-23-24-19(28)29-15)16(18(22)27)25-26(17)14-4-2-1-3-13(14)21/h1-8H,9H2,(H2,22,27)(H,24,28). The molecule has 0 fully saturated rings. The number of nitrogens with two attached hydrogens (primary N) is 1. The Bertz CT molecular complexity index is 1260. The highest BCUT2D eigenvalue weighted by Gasteiger charge is 2.26. The maximum atomic E-state index is 12.2. The van der Waals surface area contributed by atoms with Gasteiger partial charge in [0.25, 0.3) is 5.91 Å². The number of amides is 1. The number of primary amides is 1. The van der Waals surface area contributed by atoms with Crippen molar-refractivity contribution in [3.05, 3.63) is 86.3 Å². The molecule has 0 radical (unpaired) electrons. The highest BCUT2D eigenvalue weighted by molar-refractivity contribution is 6.32. The number of carbonyl (C=O) groups is 1. The van der Waals surface area contributed by atoms with Crippen LogP contribution in [0.4, 0.5) is 0 Å². The van der Waals surface area contributed by atoms with E-state index in [1.165, 1.54) is 4.68 Å². The molecule has 3 N–H and O–H groups in total. The minimum absolute atomic E-state index is 0.0133. The zero-order valence-corrected chi connectivity index (χ0v) is 16.2. The van der Waals surface area contributed by atoms with Crippen LogP contribution in [0.25, 0.3) is 16.9 Å². The number of nitrogens with zero attached hydrogens (tertiary/aromatic N) is 3. The van der Waals surface area contributed by atoms with Crippen LogP contribution < -0.4 is 11.5 Å². The lowest BCUT2D eigenvalue weighted by Crippen LogP contribution is -2.14. The molecule has 2 heterocycles. The first-order valence-electron chi connectivity index (χ1n) is 8.41. The van der Waals surface area contributed by atoms with Crippen LogP contribution in [0, 0.1) is 0 Å². The van der Waals surface area contributed by atoms with E-state index in [-0.39, 0.29) is 18.0 Å². The average Bonchev–Trinajstić information content (AvgIpc) is 3.27. The van der Waals surface area contributed by atoms with Gasteiger partial charge in [0.15, 0.2) is 5.69 Å². The molecule has 2 aromatic heterocycles. The summed E-state index contributed by atoms with van der Waals surface area (Å²) < 4.78 is 6.55. The Kier molecular flexibility index (Phi) is 4.96. The first-order chi connectivity index (χ1) is 13.9. The molecule has 0 unspecified atom stereocenters. The van der Waals surface area contributed by atoms with E-state index >= 15 is 0 Å². The number of halogens is 2. The lowest BCUT2D eigenvalue weighted by Gasteiger charge is -2.11. The molecule has 29 heavy (non-hydrogen) atoms. The number of H-pyrrole nitrogens is 1. The van der Waals surface area contributed by atoms with Crippen molar-refractivity contribution in [1.29, 1.82) is 0 Å². The number of hydrogen-bond donors (Lipinski definition) is 2. The predicted octanol–water partition coefficient (Wildman–Crippen LogP) is 3.21. The van der Waals surface area contributed by atoms with E-state index in [1.807, 2.05) is 0 Å². The lowest BCUT2D eigenvalue weighted by molar-refractivity contribution is 0.0994. The number of nitrogens with one attached hydrogen (secondary N) is 1. The number of para-hydroxylation sites is 1. The highest BCUT2D eigenvalue weighted by Crippen LogP contribution is 2.33. The molecule has 8 nitrogen and oxygen atoms in total. The van der Waals surface area contributed by atoms with Crippen LogP contribution in [-0.4, -0.2) is 25.9 Å². The van der Waals surface area contributed by atoms with Gasteiger partial charge in [-0.15, -0.1) is 5.10 Å². The van der Waals surface area contributed by atoms with Gasteiger partial charge in [-0.2, -0.15) is 5.10 Å². The molecule has 0 atom stereocenters. The Hall–Kier alpha value is -3.36. The van der Waals surface area contributed by atoms with Crippen LogP contribution in [0.5, 0.6) is 0 Å². The third-order valence-corrected chi connectivity index (χ3v) is 4.80. The first-order valence-corrected chi connectivity index (χ1v) is 9.16. The van der Waals surface area contributed by atoms with Gasteiger partial charge in [-0.3, -0.25) is 4.79 Å². The van der Waals surface area contributed by atoms with Gasteiger partial charge in [0, 0.05) is 16.1 Å². The van der Waals surface area contributed by atoms with Crippen LogP contribution in [0.1, 0.15) is 21.9 Å². The average molecular weight is 430 g/mol. The third-order valence-electron chi connectivity index (χ3n) is 4.23. The van der Waals surface area contributed by atoms with Crippen LogP contribution in [0.3, 0.4) is 0 Å². The molecular formula is C19H13Cl2N5O3. The fraction of sp³-hybridized carbons (Fsp3) is 0.0526. The summed E-state index contributed by atoms with van der Waals surface area (Å²) in [6.45, 7) is 0. The fourth-order valence-electron chi connectivity index (χ4n) is 3.01. The Morgan fingerprint density at radius 3 is 2.48 bits per heavy atom. The Morgan fingerprint density at radius 1 is 1.14 bits per heavy atom. The van der Waals surface area contributed by atoms with Crippen molar-refractivity contribution < 1.29 is 9.21 Å². The molecule has 0 aliphatic heterocycles. The number of aromatic nitrogens is 4. The second kappa shape index (κ2) is 7.57. The summed E-state index contributed by atoms with van der Waals surface area (Å²) in [6, 6.07) is 14.0. The second-order valence-electron chi connectivity index (χ2n) is 6.09. The maximum absolute atomic E-state index is 12.2. The van der Waals surface area contributed by atoms with Gasteiger partial charge < -0.3 is 10.2 Å². The lowest BCUT2D eigenvalue weighted by atomic mass is 10.0. The Morgan fingerprint density at radius 2 is 1.86 bits per heavy atom. The van der Waals surface area contributed by atoms with Gasteiger partial charge in [-0.1, -0.05) is 47.5 Å². The van der Waals surface area contributed by atoms with Gasteiger partial charge in [-0.05, 0) is 24.3 Å². The molecule has 0 saturated carbocycles. The topological polar surface area (TPSA) is 120 Å². The van der Waals surface area contributed by atoms with E-state index in [9.17, 15) is 9.59 Å². The fourth-order valence-corrected chi connectivity index (χ4v) is 3.35. The van der Waals surface area contributed by atoms with Gasteiger partial charge in [-0.25, -0.2) is 14.6 Å². The molecule has 1 amide bonds. The molecule has 0 saturated heterocycles. The SMILES string of the molecule is NC(=O)c1nn(-c2ccccc2Cl)c(-c2ccc(Cl)cc2)c1Cc1n[nH]c(=O)o1. The summed E-state index contributed by atoms with van der Waals surface area (Å²) in [5.74, 6) is -1.35. The molecule has 146 valence electrons. The number of rotatable bonds is 5. The summed E-state index contributed by atoms with van der Waals surface area (Å²) >= 11 is 12.4. The van der Waals surface area contributed by atoms with Crippen molar-refractivity contribution in [3.8, 4) is 16.9 Å². The minimum Gasteiger partial charge on any atom is -0.392 e. The molecule has 4 rings (SSSR count). The molecule has 0 aliphatic carbocycles.